The second-order valence-corrected chi connectivity index (χ2v) is 6.37. The highest BCUT2D eigenvalue weighted by Crippen LogP contribution is 2.26. The van der Waals surface area contributed by atoms with E-state index in [-0.39, 0.29) is 18.2 Å². The molecule has 1 heterocycles. The van der Waals surface area contributed by atoms with Crippen molar-refractivity contribution in [3.63, 3.8) is 0 Å². The minimum Gasteiger partial charge on any atom is -0.464 e. The van der Waals surface area contributed by atoms with E-state index in [1.807, 2.05) is 38.1 Å². The number of amides is 2. The Bertz CT molecular complexity index is 955. The minimum absolute atomic E-state index is 0.0682. The van der Waals surface area contributed by atoms with E-state index in [1.165, 1.54) is 5.56 Å². The van der Waals surface area contributed by atoms with E-state index >= 15 is 0 Å². The Balaban J connectivity index is 1.63. The van der Waals surface area contributed by atoms with Crippen molar-refractivity contribution in [1.82, 2.24) is 10.6 Å². The van der Waals surface area contributed by atoms with E-state index in [0.717, 1.165) is 27.7 Å². The van der Waals surface area contributed by atoms with Gasteiger partial charge in [-0.1, -0.05) is 24.3 Å². The second kappa shape index (κ2) is 7.44. The van der Waals surface area contributed by atoms with Gasteiger partial charge in [0.25, 0.3) is 5.91 Å². The van der Waals surface area contributed by atoms with Crippen molar-refractivity contribution in [2.24, 2.45) is 0 Å². The fourth-order valence-corrected chi connectivity index (χ4v) is 2.88. The molecule has 134 valence electrons. The van der Waals surface area contributed by atoms with Crippen LogP contribution in [0.25, 0.3) is 11.0 Å². The van der Waals surface area contributed by atoms with Gasteiger partial charge < -0.3 is 15.1 Å². The molecule has 3 aromatic rings. The van der Waals surface area contributed by atoms with Crippen molar-refractivity contribution in [3.05, 3.63) is 70.5 Å². The third-order valence-corrected chi connectivity index (χ3v) is 4.63. The van der Waals surface area contributed by atoms with Crippen molar-refractivity contribution in [3.8, 4) is 0 Å². The molecule has 0 saturated heterocycles. The number of carbonyl (C=O) groups excluding carboxylic acids is 2. The molecule has 5 heteroatoms. The average molecular weight is 350 g/mol. The largest absolute Gasteiger partial charge is 0.464 e. The summed E-state index contributed by atoms with van der Waals surface area (Å²) in [7, 11) is 1.60. The third kappa shape index (κ3) is 3.61. The molecule has 0 radical (unpaired) electrons. The summed E-state index contributed by atoms with van der Waals surface area (Å²) in [6, 6.07) is 11.2. The van der Waals surface area contributed by atoms with Crippen molar-refractivity contribution >= 4 is 22.8 Å². The van der Waals surface area contributed by atoms with E-state index in [4.69, 9.17) is 4.42 Å². The van der Waals surface area contributed by atoms with Crippen LogP contribution in [0.1, 0.15) is 32.6 Å². The molecule has 0 aliphatic rings. The maximum atomic E-state index is 12.3. The van der Waals surface area contributed by atoms with Gasteiger partial charge in [-0.05, 0) is 42.7 Å². The lowest BCUT2D eigenvalue weighted by Gasteiger charge is -2.06. The first kappa shape index (κ1) is 17.7. The zero-order valence-electron chi connectivity index (χ0n) is 15.2. The molecule has 0 saturated carbocycles. The van der Waals surface area contributed by atoms with Gasteiger partial charge in [0.15, 0.2) is 0 Å². The molecule has 2 N–H and O–H groups in total. The molecule has 0 aliphatic carbocycles. The van der Waals surface area contributed by atoms with Crippen molar-refractivity contribution in [1.29, 1.82) is 0 Å². The normalized spacial score (nSPS) is 10.7. The summed E-state index contributed by atoms with van der Waals surface area (Å²) < 4.78 is 5.65. The fourth-order valence-electron chi connectivity index (χ4n) is 2.88. The summed E-state index contributed by atoms with van der Waals surface area (Å²) in [4.78, 5) is 23.8. The van der Waals surface area contributed by atoms with Crippen LogP contribution in [-0.4, -0.2) is 18.9 Å². The van der Waals surface area contributed by atoms with Gasteiger partial charge >= 0.3 is 0 Å². The first-order chi connectivity index (χ1) is 12.5. The Morgan fingerprint density at radius 3 is 2.46 bits per heavy atom. The van der Waals surface area contributed by atoms with E-state index in [9.17, 15) is 9.59 Å². The standard InChI is InChI=1S/C21H22N2O3/c1-13-4-9-18-17(12-26-20(18)14(13)2)10-19(24)23-11-15-5-7-16(8-6-15)21(25)22-3/h4-9,12H,10-11H2,1-3H3,(H,22,25)(H,23,24). The van der Waals surface area contributed by atoms with Crippen LogP contribution in [0.3, 0.4) is 0 Å². The van der Waals surface area contributed by atoms with Crippen LogP contribution in [0.4, 0.5) is 0 Å². The SMILES string of the molecule is CNC(=O)c1ccc(CNC(=O)Cc2coc3c(C)c(C)ccc23)cc1. The van der Waals surface area contributed by atoms with Crippen LogP contribution in [0.5, 0.6) is 0 Å². The number of hydrogen-bond donors (Lipinski definition) is 2. The van der Waals surface area contributed by atoms with Gasteiger partial charge in [0, 0.05) is 30.1 Å². The fraction of sp³-hybridized carbons (Fsp3) is 0.238. The molecule has 2 amide bonds. The molecular weight excluding hydrogens is 328 g/mol. The molecule has 5 nitrogen and oxygen atoms in total. The topological polar surface area (TPSA) is 71.3 Å². The quantitative estimate of drug-likeness (QED) is 0.742. The molecule has 2 aromatic carbocycles. The van der Waals surface area contributed by atoms with Gasteiger partial charge in [-0.15, -0.1) is 0 Å². The van der Waals surface area contributed by atoms with Gasteiger partial charge in [-0.2, -0.15) is 0 Å². The Hall–Kier alpha value is -3.08. The smallest absolute Gasteiger partial charge is 0.251 e. The van der Waals surface area contributed by atoms with Gasteiger partial charge in [-0.25, -0.2) is 0 Å². The van der Waals surface area contributed by atoms with E-state index < -0.39 is 0 Å². The lowest BCUT2D eigenvalue weighted by Crippen LogP contribution is -2.24. The van der Waals surface area contributed by atoms with Gasteiger partial charge in [0.1, 0.15) is 5.58 Å². The first-order valence-electron chi connectivity index (χ1n) is 8.53. The van der Waals surface area contributed by atoms with Gasteiger partial charge in [0.05, 0.1) is 12.7 Å². The number of carbonyl (C=O) groups is 2. The van der Waals surface area contributed by atoms with Crippen LogP contribution in [0.15, 0.2) is 47.1 Å². The van der Waals surface area contributed by atoms with Gasteiger partial charge in [0.2, 0.25) is 5.91 Å². The highest BCUT2D eigenvalue weighted by atomic mass is 16.3. The van der Waals surface area contributed by atoms with E-state index in [0.29, 0.717) is 12.1 Å². The third-order valence-electron chi connectivity index (χ3n) is 4.63. The molecule has 0 unspecified atom stereocenters. The molecule has 0 bridgehead atoms. The molecule has 0 aliphatic heterocycles. The van der Waals surface area contributed by atoms with Crippen molar-refractivity contribution in [2.45, 2.75) is 26.8 Å². The monoisotopic (exact) mass is 350 g/mol. The minimum atomic E-state index is -0.127. The Labute approximate surface area is 152 Å². The van der Waals surface area contributed by atoms with Crippen LogP contribution < -0.4 is 10.6 Å². The number of benzene rings is 2. The first-order valence-corrected chi connectivity index (χ1v) is 8.53. The molecule has 0 spiro atoms. The number of rotatable bonds is 5. The predicted molar refractivity (Wildman–Crippen MR) is 101 cm³/mol. The lowest BCUT2D eigenvalue weighted by atomic mass is 10.0. The molecule has 1 aromatic heterocycles. The summed E-state index contributed by atoms with van der Waals surface area (Å²) in [6.07, 6.45) is 1.93. The molecule has 0 fully saturated rings. The molecule has 26 heavy (non-hydrogen) atoms. The second-order valence-electron chi connectivity index (χ2n) is 6.37. The summed E-state index contributed by atoms with van der Waals surface area (Å²) in [5.74, 6) is -0.195. The number of furan rings is 1. The Kier molecular flexibility index (Phi) is 5.07. The highest BCUT2D eigenvalue weighted by molar-refractivity contribution is 5.94. The number of hydrogen-bond acceptors (Lipinski definition) is 3. The van der Waals surface area contributed by atoms with Crippen LogP contribution >= 0.6 is 0 Å². The Morgan fingerprint density at radius 1 is 1.04 bits per heavy atom. The zero-order chi connectivity index (χ0) is 18.7. The maximum absolute atomic E-state index is 12.3. The highest BCUT2D eigenvalue weighted by Gasteiger charge is 2.13. The lowest BCUT2D eigenvalue weighted by molar-refractivity contribution is -0.120. The van der Waals surface area contributed by atoms with Crippen molar-refractivity contribution in [2.75, 3.05) is 7.05 Å². The molecular formula is C21H22N2O3. The van der Waals surface area contributed by atoms with Gasteiger partial charge in [-0.3, -0.25) is 9.59 Å². The van der Waals surface area contributed by atoms with Crippen LogP contribution in [-0.2, 0) is 17.8 Å². The van der Waals surface area contributed by atoms with Crippen molar-refractivity contribution < 1.29 is 14.0 Å². The Morgan fingerprint density at radius 2 is 1.77 bits per heavy atom. The van der Waals surface area contributed by atoms with E-state index in [1.54, 1.807) is 25.4 Å². The maximum Gasteiger partial charge on any atom is 0.251 e. The predicted octanol–water partition coefficient (Wildman–Crippen LogP) is 3.27. The zero-order valence-corrected chi connectivity index (χ0v) is 15.2. The summed E-state index contributed by atoms with van der Waals surface area (Å²) in [5.41, 5.74) is 5.54. The number of fused-ring (bicyclic) bond motifs is 1. The van der Waals surface area contributed by atoms with E-state index in [2.05, 4.69) is 10.6 Å². The molecule has 0 atom stereocenters. The molecule has 3 rings (SSSR count). The average Bonchev–Trinajstić information content (AvgIpc) is 3.06. The summed E-state index contributed by atoms with van der Waals surface area (Å²) in [5, 5.41) is 6.47. The van der Waals surface area contributed by atoms with Crippen LogP contribution in [0.2, 0.25) is 0 Å². The van der Waals surface area contributed by atoms with Crippen LogP contribution in [0, 0.1) is 13.8 Å². The summed E-state index contributed by atoms with van der Waals surface area (Å²) in [6.45, 7) is 4.48. The number of aryl methyl sites for hydroxylation is 2. The summed E-state index contributed by atoms with van der Waals surface area (Å²) >= 11 is 0. The number of nitrogens with one attached hydrogen (secondary N) is 2.